The van der Waals surface area contributed by atoms with Gasteiger partial charge < -0.3 is 9.80 Å². The average molecular weight is 313 g/mol. The summed E-state index contributed by atoms with van der Waals surface area (Å²) in [5, 5.41) is 0. The molecule has 2 atom stereocenters. The number of hydrogen-bond acceptors (Lipinski definition) is 3. The number of carbonyl (C=O) groups is 1. The third-order valence-corrected chi connectivity index (χ3v) is 6.13. The van der Waals surface area contributed by atoms with Gasteiger partial charge in [-0.05, 0) is 50.9 Å². The van der Waals surface area contributed by atoms with Crippen molar-refractivity contribution in [1.82, 2.24) is 9.80 Å². The van der Waals surface area contributed by atoms with Crippen molar-refractivity contribution in [2.75, 3.05) is 32.4 Å². The van der Waals surface area contributed by atoms with Crippen molar-refractivity contribution in [3.63, 3.8) is 0 Å². The maximum atomic E-state index is 12.4. The molecule has 2 rings (SSSR count). The molecule has 122 valence electrons. The first-order valence-electron chi connectivity index (χ1n) is 8.49. The van der Waals surface area contributed by atoms with Gasteiger partial charge in [0.15, 0.2) is 0 Å². The molecule has 0 radical (unpaired) electrons. The quantitative estimate of drug-likeness (QED) is 0.745. The van der Waals surface area contributed by atoms with E-state index >= 15 is 0 Å². The van der Waals surface area contributed by atoms with Gasteiger partial charge in [-0.2, -0.15) is 11.8 Å². The summed E-state index contributed by atoms with van der Waals surface area (Å²) in [6.45, 7) is 9.92. The molecule has 0 aromatic carbocycles. The van der Waals surface area contributed by atoms with Crippen LogP contribution in [0.2, 0.25) is 0 Å². The Labute approximate surface area is 134 Å². The fourth-order valence-electron chi connectivity index (χ4n) is 3.64. The largest absolute Gasteiger partial charge is 0.342 e. The zero-order valence-corrected chi connectivity index (χ0v) is 15.0. The summed E-state index contributed by atoms with van der Waals surface area (Å²) < 4.78 is 0.314. The van der Waals surface area contributed by atoms with Crippen LogP contribution in [-0.2, 0) is 4.79 Å². The van der Waals surface area contributed by atoms with Crippen LogP contribution < -0.4 is 0 Å². The Balaban J connectivity index is 1.71. The molecule has 0 bridgehead atoms. The van der Waals surface area contributed by atoms with E-state index in [0.29, 0.717) is 16.6 Å². The smallest absolute Gasteiger partial charge is 0.222 e. The molecule has 4 heteroatoms. The lowest BCUT2D eigenvalue weighted by molar-refractivity contribution is -0.134. The first kappa shape index (κ1) is 17.1. The van der Waals surface area contributed by atoms with Crippen LogP contribution >= 0.6 is 11.8 Å². The topological polar surface area (TPSA) is 23.6 Å². The van der Waals surface area contributed by atoms with E-state index in [1.807, 2.05) is 11.8 Å². The highest BCUT2D eigenvalue weighted by atomic mass is 32.2. The second-order valence-corrected chi connectivity index (χ2v) is 9.56. The third-order valence-electron chi connectivity index (χ3n) is 4.77. The highest BCUT2D eigenvalue weighted by Crippen LogP contribution is 2.30. The molecule has 0 N–H and O–H groups in total. The van der Waals surface area contributed by atoms with Crippen LogP contribution in [0.1, 0.15) is 52.9 Å². The minimum atomic E-state index is 0.314. The summed E-state index contributed by atoms with van der Waals surface area (Å²) in [6.07, 6.45) is 5.52. The number of thioether (sulfide) groups is 1. The molecule has 0 saturated carbocycles. The van der Waals surface area contributed by atoms with Crippen LogP contribution in [0.4, 0.5) is 0 Å². The first-order valence-corrected chi connectivity index (χ1v) is 9.47. The number of carbonyl (C=O) groups excluding carboxylic acids is 1. The zero-order chi connectivity index (χ0) is 15.5. The summed E-state index contributed by atoms with van der Waals surface area (Å²) in [5.41, 5.74) is 0. The molecule has 2 aliphatic rings. The fourth-order valence-corrected chi connectivity index (χ4v) is 4.54. The predicted octanol–water partition coefficient (Wildman–Crippen LogP) is 3.24. The lowest BCUT2D eigenvalue weighted by Crippen LogP contribution is -2.53. The number of amides is 1. The van der Waals surface area contributed by atoms with Crippen molar-refractivity contribution < 1.29 is 4.79 Å². The Morgan fingerprint density at radius 3 is 2.71 bits per heavy atom. The minimum absolute atomic E-state index is 0.314. The van der Waals surface area contributed by atoms with Crippen molar-refractivity contribution in [2.24, 2.45) is 5.92 Å². The molecule has 0 unspecified atom stereocenters. The summed E-state index contributed by atoms with van der Waals surface area (Å²) in [5.74, 6) is 2.19. The van der Waals surface area contributed by atoms with E-state index in [9.17, 15) is 4.79 Å². The summed E-state index contributed by atoms with van der Waals surface area (Å²) in [4.78, 5) is 17.0. The number of fused-ring (bicyclic) bond motifs is 1. The van der Waals surface area contributed by atoms with Crippen molar-refractivity contribution in [1.29, 1.82) is 0 Å². The monoisotopic (exact) mass is 312 g/mol. The minimum Gasteiger partial charge on any atom is -0.342 e. The van der Waals surface area contributed by atoms with Gasteiger partial charge in [-0.3, -0.25) is 4.79 Å². The Kier molecular flexibility index (Phi) is 6.01. The van der Waals surface area contributed by atoms with Crippen LogP contribution in [0.15, 0.2) is 0 Å². The number of rotatable bonds is 4. The van der Waals surface area contributed by atoms with Crippen molar-refractivity contribution >= 4 is 17.7 Å². The number of likely N-dealkylation sites (tertiary alicyclic amines) is 2. The molecular formula is C17H32N2OS. The van der Waals surface area contributed by atoms with Crippen molar-refractivity contribution in [3.05, 3.63) is 0 Å². The Bertz CT molecular complexity index is 353. The lowest BCUT2D eigenvalue weighted by atomic mass is 9.84. The van der Waals surface area contributed by atoms with E-state index in [1.165, 1.54) is 25.8 Å². The number of piperidine rings is 2. The average Bonchev–Trinajstić information content (AvgIpc) is 2.42. The van der Waals surface area contributed by atoms with Crippen LogP contribution in [0.3, 0.4) is 0 Å². The van der Waals surface area contributed by atoms with Crippen molar-refractivity contribution in [3.8, 4) is 0 Å². The molecule has 0 aromatic heterocycles. The molecule has 2 heterocycles. The van der Waals surface area contributed by atoms with Gasteiger partial charge in [0.05, 0.1) is 0 Å². The summed E-state index contributed by atoms with van der Waals surface area (Å²) in [6, 6.07) is 0.722. The van der Waals surface area contributed by atoms with E-state index in [0.717, 1.165) is 37.7 Å². The highest BCUT2D eigenvalue weighted by Gasteiger charge is 2.35. The van der Waals surface area contributed by atoms with Gasteiger partial charge in [0, 0.05) is 30.3 Å². The Morgan fingerprint density at radius 2 is 2.00 bits per heavy atom. The van der Waals surface area contributed by atoms with E-state index < -0.39 is 0 Å². The van der Waals surface area contributed by atoms with Gasteiger partial charge in [-0.1, -0.05) is 20.8 Å². The highest BCUT2D eigenvalue weighted by molar-refractivity contribution is 8.00. The van der Waals surface area contributed by atoms with Gasteiger partial charge in [0.1, 0.15) is 0 Å². The second kappa shape index (κ2) is 7.36. The molecule has 0 spiro atoms. The van der Waals surface area contributed by atoms with Gasteiger partial charge in [0.2, 0.25) is 5.91 Å². The van der Waals surface area contributed by atoms with Gasteiger partial charge in [-0.15, -0.1) is 0 Å². The molecule has 21 heavy (non-hydrogen) atoms. The van der Waals surface area contributed by atoms with Gasteiger partial charge in [0.25, 0.3) is 0 Å². The molecule has 2 saturated heterocycles. The van der Waals surface area contributed by atoms with Gasteiger partial charge in [-0.25, -0.2) is 0 Å². The van der Waals surface area contributed by atoms with Crippen LogP contribution in [0.25, 0.3) is 0 Å². The fraction of sp³-hybridized carbons (Fsp3) is 0.941. The van der Waals surface area contributed by atoms with Crippen LogP contribution in [-0.4, -0.2) is 58.9 Å². The maximum absolute atomic E-state index is 12.4. The normalized spacial score (nSPS) is 27.5. The number of nitrogens with zero attached hydrogens (tertiary/aromatic N) is 2. The predicted molar refractivity (Wildman–Crippen MR) is 91.8 cm³/mol. The lowest BCUT2D eigenvalue weighted by Gasteiger charge is -2.46. The summed E-state index contributed by atoms with van der Waals surface area (Å²) >= 11 is 1.96. The Hall–Kier alpha value is -0.220. The first-order chi connectivity index (χ1) is 9.87. The maximum Gasteiger partial charge on any atom is 0.222 e. The molecule has 2 aliphatic heterocycles. The second-order valence-electron chi connectivity index (χ2n) is 7.64. The molecule has 0 aliphatic carbocycles. The van der Waals surface area contributed by atoms with E-state index in [1.54, 1.807) is 0 Å². The molecule has 1 amide bonds. The third kappa shape index (κ3) is 5.17. The SMILES string of the molecule is CN1CCC[C@@H]2CN(C(=O)CCCSC(C)(C)C)CC[C@@H]21. The van der Waals surface area contributed by atoms with Crippen LogP contribution in [0, 0.1) is 5.92 Å². The molecular weight excluding hydrogens is 280 g/mol. The van der Waals surface area contributed by atoms with Gasteiger partial charge >= 0.3 is 0 Å². The summed E-state index contributed by atoms with van der Waals surface area (Å²) in [7, 11) is 2.25. The molecule has 3 nitrogen and oxygen atoms in total. The van der Waals surface area contributed by atoms with Crippen molar-refractivity contribution in [2.45, 2.75) is 63.7 Å². The van der Waals surface area contributed by atoms with E-state index in [-0.39, 0.29) is 0 Å². The molecule has 0 aromatic rings. The number of hydrogen-bond donors (Lipinski definition) is 0. The molecule has 2 fully saturated rings. The van der Waals surface area contributed by atoms with Crippen LogP contribution in [0.5, 0.6) is 0 Å². The van der Waals surface area contributed by atoms with E-state index in [2.05, 4.69) is 37.6 Å². The van der Waals surface area contributed by atoms with E-state index in [4.69, 9.17) is 0 Å². The zero-order valence-electron chi connectivity index (χ0n) is 14.2. The standard InChI is InChI=1S/C17H32N2OS/c1-17(2,3)21-12-6-8-16(20)19-11-9-15-14(13-19)7-5-10-18(15)4/h14-15H,5-13H2,1-4H3/t14-,15+/m1/s1. The Morgan fingerprint density at radius 1 is 1.24 bits per heavy atom.